The lowest BCUT2D eigenvalue weighted by atomic mass is 9.90. The third-order valence-electron chi connectivity index (χ3n) is 3.84. The molecule has 0 radical (unpaired) electrons. The van der Waals surface area contributed by atoms with Gasteiger partial charge in [0.05, 0.1) is 0 Å². The van der Waals surface area contributed by atoms with Crippen molar-refractivity contribution in [3.8, 4) is 0 Å². The molecule has 0 unspecified atom stereocenters. The summed E-state index contributed by atoms with van der Waals surface area (Å²) < 4.78 is 39.2. The molecule has 1 aromatic rings. The number of benzene rings is 1. The molecule has 1 aromatic carbocycles. The second-order valence-corrected chi connectivity index (χ2v) is 5.24. The zero-order valence-corrected chi connectivity index (χ0v) is 11.2. The third kappa shape index (κ3) is 2.95. The molecular formula is C14H17F3N2O. The Morgan fingerprint density at radius 3 is 2.15 bits per heavy atom. The molecule has 0 saturated heterocycles. The van der Waals surface area contributed by atoms with E-state index in [0.29, 0.717) is 0 Å². The van der Waals surface area contributed by atoms with E-state index in [0.717, 1.165) is 37.8 Å². The summed E-state index contributed by atoms with van der Waals surface area (Å²) in [5.74, 6) is -4.78. The number of halogens is 3. The smallest absolute Gasteiger partial charge is 0.254 e. The van der Waals surface area contributed by atoms with Crippen molar-refractivity contribution in [2.24, 2.45) is 5.73 Å². The van der Waals surface area contributed by atoms with Crippen LogP contribution in [0.4, 0.5) is 13.2 Å². The number of rotatable bonds is 2. The predicted octanol–water partition coefficient (Wildman–Crippen LogP) is 2.45. The average Bonchev–Trinajstić information content (AvgIpc) is 2.43. The first-order valence-electron chi connectivity index (χ1n) is 6.57. The van der Waals surface area contributed by atoms with Crippen molar-refractivity contribution in [3.05, 3.63) is 35.1 Å². The molecule has 1 amide bonds. The largest absolute Gasteiger partial charge is 0.339 e. The van der Waals surface area contributed by atoms with E-state index in [1.807, 2.05) is 0 Å². The molecule has 1 aliphatic carbocycles. The van der Waals surface area contributed by atoms with Gasteiger partial charge in [-0.15, -0.1) is 0 Å². The lowest BCUT2D eigenvalue weighted by Crippen LogP contribution is -2.41. The number of hydrogen-bond acceptors (Lipinski definition) is 2. The zero-order valence-electron chi connectivity index (χ0n) is 11.2. The van der Waals surface area contributed by atoms with E-state index in [9.17, 15) is 18.0 Å². The van der Waals surface area contributed by atoms with Crippen molar-refractivity contribution in [2.45, 2.75) is 37.8 Å². The van der Waals surface area contributed by atoms with Crippen LogP contribution in [0.15, 0.2) is 12.1 Å². The molecule has 0 atom stereocenters. The van der Waals surface area contributed by atoms with Gasteiger partial charge in [-0.25, -0.2) is 13.2 Å². The molecule has 0 bridgehead atoms. The maximum atomic E-state index is 13.2. The summed E-state index contributed by atoms with van der Waals surface area (Å²) in [6, 6.07) is 1.60. The van der Waals surface area contributed by atoms with E-state index in [-0.39, 0.29) is 17.6 Å². The first kappa shape index (κ1) is 14.8. The van der Waals surface area contributed by atoms with Gasteiger partial charge in [-0.2, -0.15) is 0 Å². The van der Waals surface area contributed by atoms with Crippen molar-refractivity contribution >= 4 is 5.91 Å². The summed E-state index contributed by atoms with van der Waals surface area (Å²) in [5, 5.41) is 0. The number of carbonyl (C=O) groups is 1. The first-order valence-corrected chi connectivity index (χ1v) is 6.57. The Balaban J connectivity index is 2.14. The van der Waals surface area contributed by atoms with Crippen LogP contribution in [0.5, 0.6) is 0 Å². The lowest BCUT2D eigenvalue weighted by Gasteiger charge is -2.33. The normalized spacial score (nSPS) is 22.6. The van der Waals surface area contributed by atoms with E-state index >= 15 is 0 Å². The number of carbonyl (C=O) groups excluding carboxylic acids is 1. The van der Waals surface area contributed by atoms with Crippen LogP contribution < -0.4 is 5.73 Å². The van der Waals surface area contributed by atoms with Crippen molar-refractivity contribution in [1.82, 2.24) is 4.90 Å². The Bertz CT molecular complexity index is 490. The predicted molar refractivity (Wildman–Crippen MR) is 68.6 cm³/mol. The summed E-state index contributed by atoms with van der Waals surface area (Å²) in [5.41, 5.74) is 5.61. The van der Waals surface area contributed by atoms with Crippen LogP contribution in [0, 0.1) is 17.5 Å². The Labute approximate surface area is 115 Å². The summed E-state index contributed by atoms with van der Waals surface area (Å²) in [6.45, 7) is 0. The molecule has 2 rings (SSSR count). The summed E-state index contributed by atoms with van der Waals surface area (Å²) in [7, 11) is 1.59. The van der Waals surface area contributed by atoms with E-state index in [4.69, 9.17) is 5.73 Å². The van der Waals surface area contributed by atoms with Crippen molar-refractivity contribution in [3.63, 3.8) is 0 Å². The monoisotopic (exact) mass is 286 g/mol. The molecule has 1 fully saturated rings. The summed E-state index contributed by atoms with van der Waals surface area (Å²) in [4.78, 5) is 13.6. The molecule has 0 spiro atoms. The summed E-state index contributed by atoms with van der Waals surface area (Å²) >= 11 is 0. The highest BCUT2D eigenvalue weighted by Crippen LogP contribution is 2.23. The minimum atomic E-state index is -1.56. The van der Waals surface area contributed by atoms with E-state index < -0.39 is 23.4 Å². The van der Waals surface area contributed by atoms with Gasteiger partial charge in [-0.1, -0.05) is 0 Å². The molecule has 110 valence electrons. The lowest BCUT2D eigenvalue weighted by molar-refractivity contribution is 0.0688. The molecule has 2 N–H and O–H groups in total. The van der Waals surface area contributed by atoms with Crippen LogP contribution in [0.2, 0.25) is 0 Å². The third-order valence-corrected chi connectivity index (χ3v) is 3.84. The molecule has 0 heterocycles. The maximum Gasteiger partial charge on any atom is 0.254 e. The van der Waals surface area contributed by atoms with Crippen molar-refractivity contribution in [2.75, 3.05) is 7.05 Å². The van der Waals surface area contributed by atoms with Gasteiger partial charge in [0.15, 0.2) is 17.5 Å². The van der Waals surface area contributed by atoms with E-state index in [1.54, 1.807) is 7.05 Å². The second kappa shape index (κ2) is 5.83. The molecule has 20 heavy (non-hydrogen) atoms. The highest BCUT2D eigenvalue weighted by Gasteiger charge is 2.26. The summed E-state index contributed by atoms with van der Waals surface area (Å²) in [6.07, 6.45) is 3.15. The SMILES string of the molecule is CN(C(=O)c1cc(F)c(F)c(F)c1)C1CCC(N)CC1. The van der Waals surface area contributed by atoms with Gasteiger partial charge in [-0.3, -0.25) is 4.79 Å². The standard InChI is InChI=1S/C14H17F3N2O/c1-19(10-4-2-9(18)3-5-10)14(20)8-6-11(15)13(17)12(16)7-8/h6-7,9-10H,2-5,18H2,1H3. The van der Waals surface area contributed by atoms with Crippen LogP contribution >= 0.6 is 0 Å². The fourth-order valence-electron chi connectivity index (χ4n) is 2.54. The van der Waals surface area contributed by atoms with Crippen LogP contribution in [-0.2, 0) is 0 Å². The minimum Gasteiger partial charge on any atom is -0.339 e. The fraction of sp³-hybridized carbons (Fsp3) is 0.500. The molecular weight excluding hydrogens is 269 g/mol. The molecule has 1 saturated carbocycles. The van der Waals surface area contributed by atoms with Gasteiger partial charge in [0.2, 0.25) is 0 Å². The molecule has 6 heteroatoms. The van der Waals surface area contributed by atoms with Gasteiger partial charge in [0, 0.05) is 24.7 Å². The zero-order chi connectivity index (χ0) is 14.9. The van der Waals surface area contributed by atoms with Crippen molar-refractivity contribution in [1.29, 1.82) is 0 Å². The Morgan fingerprint density at radius 2 is 1.65 bits per heavy atom. The average molecular weight is 286 g/mol. The van der Waals surface area contributed by atoms with Crippen LogP contribution in [0.3, 0.4) is 0 Å². The molecule has 0 aliphatic heterocycles. The highest BCUT2D eigenvalue weighted by molar-refractivity contribution is 5.94. The Morgan fingerprint density at radius 1 is 1.15 bits per heavy atom. The molecule has 0 aromatic heterocycles. The Kier molecular flexibility index (Phi) is 4.32. The topological polar surface area (TPSA) is 46.3 Å². The van der Waals surface area contributed by atoms with Gasteiger partial charge in [0.25, 0.3) is 5.91 Å². The maximum absolute atomic E-state index is 13.2. The van der Waals surface area contributed by atoms with E-state index in [1.165, 1.54) is 4.90 Å². The van der Waals surface area contributed by atoms with Gasteiger partial charge in [0.1, 0.15) is 0 Å². The van der Waals surface area contributed by atoms with Crippen LogP contribution in [0.1, 0.15) is 36.0 Å². The van der Waals surface area contributed by atoms with Gasteiger partial charge in [-0.05, 0) is 37.8 Å². The number of hydrogen-bond donors (Lipinski definition) is 1. The number of nitrogens with two attached hydrogens (primary N) is 1. The van der Waals surface area contributed by atoms with Gasteiger partial charge >= 0.3 is 0 Å². The van der Waals surface area contributed by atoms with E-state index in [2.05, 4.69) is 0 Å². The number of amides is 1. The number of nitrogens with zero attached hydrogens (tertiary/aromatic N) is 1. The molecule has 3 nitrogen and oxygen atoms in total. The highest BCUT2D eigenvalue weighted by atomic mass is 19.2. The minimum absolute atomic E-state index is 0.00141. The van der Waals surface area contributed by atoms with Crippen molar-refractivity contribution < 1.29 is 18.0 Å². The Hall–Kier alpha value is -1.56. The first-order chi connectivity index (χ1) is 9.40. The van der Waals surface area contributed by atoms with Crippen LogP contribution in [0.25, 0.3) is 0 Å². The quantitative estimate of drug-likeness (QED) is 0.849. The fourth-order valence-corrected chi connectivity index (χ4v) is 2.54. The van der Waals surface area contributed by atoms with Crippen LogP contribution in [-0.4, -0.2) is 29.9 Å². The molecule has 1 aliphatic rings. The van der Waals surface area contributed by atoms with Gasteiger partial charge < -0.3 is 10.6 Å². The second-order valence-electron chi connectivity index (χ2n) is 5.24.